The molecule has 4 nitrogen and oxygen atoms in total. The maximum Gasteiger partial charge on any atom is 0.121 e. The smallest absolute Gasteiger partial charge is 0.121 e. The van der Waals surface area contributed by atoms with Gasteiger partial charge in [-0.15, -0.1) is 0 Å². The van der Waals surface area contributed by atoms with Gasteiger partial charge in [0.05, 0.1) is 24.9 Å². The van der Waals surface area contributed by atoms with Gasteiger partial charge >= 0.3 is 0 Å². The van der Waals surface area contributed by atoms with E-state index in [0.29, 0.717) is 19.6 Å². The van der Waals surface area contributed by atoms with Crippen LogP contribution >= 0.6 is 0 Å². The second-order valence-corrected chi connectivity index (χ2v) is 4.31. The van der Waals surface area contributed by atoms with Crippen LogP contribution in [0.3, 0.4) is 0 Å². The summed E-state index contributed by atoms with van der Waals surface area (Å²) >= 11 is 0. The van der Waals surface area contributed by atoms with Gasteiger partial charge in [0.15, 0.2) is 0 Å². The molecule has 0 aliphatic heterocycles. The first kappa shape index (κ1) is 13.9. The number of pyridine rings is 1. The zero-order valence-electron chi connectivity index (χ0n) is 11.2. The largest absolute Gasteiger partial charge is 0.493 e. The van der Waals surface area contributed by atoms with Gasteiger partial charge in [-0.05, 0) is 30.7 Å². The van der Waals surface area contributed by atoms with Gasteiger partial charge in [0.25, 0.3) is 0 Å². The Morgan fingerprint density at radius 2 is 2.15 bits per heavy atom. The molecule has 0 fully saturated rings. The van der Waals surface area contributed by atoms with Crippen molar-refractivity contribution in [2.45, 2.75) is 19.4 Å². The molecular formula is C16H17N3O. The summed E-state index contributed by atoms with van der Waals surface area (Å²) in [5, 5.41) is 11.8. The third-order valence-corrected chi connectivity index (χ3v) is 2.74. The fraction of sp³-hybridized carbons (Fsp3) is 0.250. The predicted molar refractivity (Wildman–Crippen MR) is 78.3 cm³/mol. The number of nitrogens with zero attached hydrogens (tertiary/aromatic N) is 2. The van der Waals surface area contributed by atoms with Crippen molar-refractivity contribution in [2.24, 2.45) is 0 Å². The van der Waals surface area contributed by atoms with E-state index in [2.05, 4.69) is 16.4 Å². The van der Waals surface area contributed by atoms with Crippen molar-refractivity contribution in [2.75, 3.05) is 11.9 Å². The van der Waals surface area contributed by atoms with Crippen LogP contribution in [0.15, 0.2) is 48.7 Å². The van der Waals surface area contributed by atoms with Crippen molar-refractivity contribution in [3.63, 3.8) is 0 Å². The summed E-state index contributed by atoms with van der Waals surface area (Å²) in [6.07, 6.45) is 3.06. The first-order valence-corrected chi connectivity index (χ1v) is 6.62. The number of ether oxygens (including phenoxy) is 1. The lowest BCUT2D eigenvalue weighted by atomic mass is 10.3. The van der Waals surface area contributed by atoms with Gasteiger partial charge in [-0.2, -0.15) is 5.26 Å². The van der Waals surface area contributed by atoms with Crippen molar-refractivity contribution in [1.29, 1.82) is 5.26 Å². The maximum absolute atomic E-state index is 8.46. The van der Waals surface area contributed by atoms with Crippen LogP contribution in [0.5, 0.6) is 5.75 Å². The van der Waals surface area contributed by atoms with Gasteiger partial charge in [-0.1, -0.05) is 12.1 Å². The standard InChI is InChI=1S/C16H17N3O/c17-9-2-4-11-20-16-8-5-7-14(12-16)19-13-15-6-1-3-10-18-15/h1,3,5-8,10,12,19H,2,4,11,13H2. The Hall–Kier alpha value is -2.54. The molecule has 0 spiro atoms. The first-order valence-electron chi connectivity index (χ1n) is 6.62. The highest BCUT2D eigenvalue weighted by Crippen LogP contribution is 2.18. The van der Waals surface area contributed by atoms with Gasteiger partial charge < -0.3 is 10.1 Å². The summed E-state index contributed by atoms with van der Waals surface area (Å²) in [6.45, 7) is 1.25. The maximum atomic E-state index is 8.46. The lowest BCUT2D eigenvalue weighted by Gasteiger charge is -2.09. The molecule has 1 N–H and O–H groups in total. The van der Waals surface area contributed by atoms with E-state index in [-0.39, 0.29) is 0 Å². The molecule has 0 radical (unpaired) electrons. The molecule has 0 amide bonds. The van der Waals surface area contributed by atoms with Crippen LogP contribution in [-0.2, 0) is 6.54 Å². The van der Waals surface area contributed by atoms with Gasteiger partial charge in [0.2, 0.25) is 0 Å². The summed E-state index contributed by atoms with van der Waals surface area (Å²) in [5.41, 5.74) is 1.99. The Balaban J connectivity index is 1.85. The molecule has 0 unspecified atom stereocenters. The van der Waals surface area contributed by atoms with Gasteiger partial charge in [-0.25, -0.2) is 0 Å². The third-order valence-electron chi connectivity index (χ3n) is 2.74. The minimum Gasteiger partial charge on any atom is -0.493 e. The van der Waals surface area contributed by atoms with Gasteiger partial charge in [0.1, 0.15) is 5.75 Å². The Morgan fingerprint density at radius 1 is 1.20 bits per heavy atom. The van der Waals surface area contributed by atoms with Gasteiger partial charge in [-0.3, -0.25) is 4.98 Å². The molecule has 0 atom stereocenters. The lowest BCUT2D eigenvalue weighted by Crippen LogP contribution is -2.02. The Kier molecular flexibility index (Phi) is 5.41. The first-order chi connectivity index (χ1) is 9.88. The van der Waals surface area contributed by atoms with Crippen LogP contribution in [0.25, 0.3) is 0 Å². The molecule has 1 heterocycles. The summed E-state index contributed by atoms with van der Waals surface area (Å²) in [4.78, 5) is 4.26. The van der Waals surface area contributed by atoms with Crippen molar-refractivity contribution in [3.05, 3.63) is 54.4 Å². The van der Waals surface area contributed by atoms with E-state index in [1.54, 1.807) is 6.20 Å². The summed E-state index contributed by atoms with van der Waals surface area (Å²) < 4.78 is 5.59. The van der Waals surface area contributed by atoms with Crippen LogP contribution < -0.4 is 10.1 Å². The minimum absolute atomic E-state index is 0.525. The van der Waals surface area contributed by atoms with E-state index in [1.165, 1.54) is 0 Å². The van der Waals surface area contributed by atoms with E-state index < -0.39 is 0 Å². The molecule has 1 aromatic carbocycles. The lowest BCUT2D eigenvalue weighted by molar-refractivity contribution is 0.313. The Labute approximate surface area is 119 Å². The van der Waals surface area contributed by atoms with Gasteiger partial charge in [0, 0.05) is 24.4 Å². The highest BCUT2D eigenvalue weighted by atomic mass is 16.5. The molecule has 4 heteroatoms. The molecule has 20 heavy (non-hydrogen) atoms. The van der Waals surface area contributed by atoms with E-state index >= 15 is 0 Å². The molecule has 2 rings (SSSR count). The molecular weight excluding hydrogens is 250 g/mol. The number of hydrogen-bond acceptors (Lipinski definition) is 4. The van der Waals surface area contributed by atoms with Crippen LogP contribution in [0.4, 0.5) is 5.69 Å². The SMILES string of the molecule is N#CCCCOc1cccc(NCc2ccccn2)c1. The highest BCUT2D eigenvalue weighted by Gasteiger charge is 1.98. The van der Waals surface area contributed by atoms with Crippen LogP contribution in [0.2, 0.25) is 0 Å². The Morgan fingerprint density at radius 3 is 2.95 bits per heavy atom. The van der Waals surface area contributed by atoms with Crippen molar-refractivity contribution < 1.29 is 4.74 Å². The monoisotopic (exact) mass is 267 g/mol. The van der Waals surface area contributed by atoms with Crippen molar-refractivity contribution in [1.82, 2.24) is 4.98 Å². The van der Waals surface area contributed by atoms with E-state index in [1.807, 2.05) is 42.5 Å². The van der Waals surface area contributed by atoms with E-state index in [9.17, 15) is 0 Å². The quantitative estimate of drug-likeness (QED) is 0.781. The molecule has 0 aliphatic carbocycles. The predicted octanol–water partition coefficient (Wildman–Crippen LogP) is 3.38. The average molecular weight is 267 g/mol. The molecule has 0 aliphatic rings. The summed E-state index contributed by atoms with van der Waals surface area (Å²) in [5.74, 6) is 0.814. The number of aromatic nitrogens is 1. The fourth-order valence-electron chi connectivity index (χ4n) is 1.73. The summed E-state index contributed by atoms with van der Waals surface area (Å²) in [6, 6.07) is 15.8. The van der Waals surface area contributed by atoms with Crippen LogP contribution in [0, 0.1) is 11.3 Å². The second-order valence-electron chi connectivity index (χ2n) is 4.31. The zero-order valence-corrected chi connectivity index (χ0v) is 11.2. The molecule has 1 aromatic heterocycles. The number of benzene rings is 1. The van der Waals surface area contributed by atoms with Crippen LogP contribution in [-0.4, -0.2) is 11.6 Å². The van der Waals surface area contributed by atoms with E-state index in [0.717, 1.165) is 23.6 Å². The zero-order chi connectivity index (χ0) is 14.0. The minimum atomic E-state index is 0.525. The van der Waals surface area contributed by atoms with Crippen LogP contribution in [0.1, 0.15) is 18.5 Å². The average Bonchev–Trinajstić information content (AvgIpc) is 2.51. The number of rotatable bonds is 7. The topological polar surface area (TPSA) is 57.9 Å². The second kappa shape index (κ2) is 7.80. The molecule has 0 saturated carbocycles. The Bertz CT molecular complexity index is 563. The molecule has 2 aromatic rings. The number of hydrogen-bond donors (Lipinski definition) is 1. The number of nitriles is 1. The van der Waals surface area contributed by atoms with Crippen molar-refractivity contribution >= 4 is 5.69 Å². The fourth-order valence-corrected chi connectivity index (χ4v) is 1.73. The number of anilines is 1. The summed E-state index contributed by atoms with van der Waals surface area (Å²) in [7, 11) is 0. The number of nitrogens with one attached hydrogen (secondary N) is 1. The van der Waals surface area contributed by atoms with Crippen molar-refractivity contribution in [3.8, 4) is 11.8 Å². The molecule has 0 bridgehead atoms. The molecule has 102 valence electrons. The normalized spacial score (nSPS) is 9.75. The molecule has 0 saturated heterocycles. The number of unbranched alkanes of at least 4 members (excludes halogenated alkanes) is 1. The highest BCUT2D eigenvalue weighted by molar-refractivity contribution is 5.48. The third kappa shape index (κ3) is 4.62. The van der Waals surface area contributed by atoms with E-state index in [4.69, 9.17) is 10.00 Å².